The fourth-order valence-corrected chi connectivity index (χ4v) is 1.64. The second kappa shape index (κ2) is 4.03. The van der Waals surface area contributed by atoms with E-state index in [9.17, 15) is 4.79 Å². The van der Waals surface area contributed by atoms with Gasteiger partial charge < -0.3 is 4.74 Å². The van der Waals surface area contributed by atoms with Crippen LogP contribution in [0.1, 0.15) is 16.8 Å². The topological polar surface area (TPSA) is 38.7 Å². The molecule has 0 fully saturated rings. The van der Waals surface area contributed by atoms with Gasteiger partial charge >= 0.3 is 0 Å². The number of rotatable bonds is 0. The Kier molecular flexibility index (Phi) is 2.73. The van der Waals surface area contributed by atoms with Crippen molar-refractivity contribution < 1.29 is 9.53 Å². The van der Waals surface area contributed by atoms with Crippen LogP contribution in [0.15, 0.2) is 23.2 Å². The molecule has 0 saturated heterocycles. The van der Waals surface area contributed by atoms with E-state index in [1.807, 2.05) is 0 Å². The molecule has 0 saturated carbocycles. The number of hydrogen-bond acceptors (Lipinski definition) is 3. The second-order valence-corrected chi connectivity index (χ2v) is 3.76. The highest BCUT2D eigenvalue weighted by atomic mass is 35.5. The monoisotopic (exact) mass is 223 g/mol. The molecule has 0 aromatic heterocycles. The zero-order chi connectivity index (χ0) is 10.8. The maximum atomic E-state index is 11.8. The number of ketones is 1. The third-order valence-electron chi connectivity index (χ3n) is 2.32. The fraction of sp³-hybridized carbons (Fsp3) is 0.273. The van der Waals surface area contributed by atoms with E-state index < -0.39 is 0 Å². The first-order valence-corrected chi connectivity index (χ1v) is 4.98. The minimum atomic E-state index is 0.0276. The molecule has 4 heteroatoms. The summed E-state index contributed by atoms with van der Waals surface area (Å²) in [5.41, 5.74) is 1.34. The lowest BCUT2D eigenvalue weighted by Crippen LogP contribution is -2.11. The summed E-state index contributed by atoms with van der Waals surface area (Å²) >= 11 is 5.83. The molecular weight excluding hydrogens is 214 g/mol. The lowest BCUT2D eigenvalue weighted by atomic mass is 10.1. The molecule has 0 spiro atoms. The quantitative estimate of drug-likeness (QED) is 0.677. The number of halogens is 1. The Morgan fingerprint density at radius 1 is 1.47 bits per heavy atom. The molecule has 0 bridgehead atoms. The van der Waals surface area contributed by atoms with E-state index in [-0.39, 0.29) is 5.78 Å². The van der Waals surface area contributed by atoms with Crippen LogP contribution in [0.25, 0.3) is 0 Å². The van der Waals surface area contributed by atoms with Crippen molar-refractivity contribution in [2.45, 2.75) is 6.42 Å². The predicted molar refractivity (Wildman–Crippen MR) is 59.3 cm³/mol. The molecule has 0 atom stereocenters. The van der Waals surface area contributed by atoms with Gasteiger partial charge in [-0.2, -0.15) is 0 Å². The van der Waals surface area contributed by atoms with E-state index >= 15 is 0 Å². The van der Waals surface area contributed by atoms with Crippen molar-refractivity contribution in [2.75, 3.05) is 13.7 Å². The molecule has 78 valence electrons. The van der Waals surface area contributed by atoms with Gasteiger partial charge in [-0.3, -0.25) is 9.79 Å². The highest BCUT2D eigenvalue weighted by molar-refractivity contribution is 6.31. The maximum Gasteiger partial charge on any atom is 0.172 e. The number of benzene rings is 1. The molecule has 15 heavy (non-hydrogen) atoms. The molecule has 2 rings (SSSR count). The number of ether oxygens (including phenoxy) is 1. The minimum absolute atomic E-state index is 0.0276. The van der Waals surface area contributed by atoms with Crippen LogP contribution in [-0.4, -0.2) is 25.1 Å². The highest BCUT2D eigenvalue weighted by Crippen LogP contribution is 2.26. The summed E-state index contributed by atoms with van der Waals surface area (Å²) in [6.45, 7) is 0.357. The SMILES string of the molecule is CN=C1COc2cc(Cl)ccc2C(=O)C1. The molecule has 0 N–H and O–H groups in total. The summed E-state index contributed by atoms with van der Waals surface area (Å²) < 4.78 is 5.47. The molecule has 0 amide bonds. The number of nitrogens with zero attached hydrogens (tertiary/aromatic N) is 1. The van der Waals surface area contributed by atoms with Crippen LogP contribution in [0.5, 0.6) is 5.75 Å². The second-order valence-electron chi connectivity index (χ2n) is 3.32. The van der Waals surface area contributed by atoms with Gasteiger partial charge in [-0.15, -0.1) is 0 Å². The third kappa shape index (κ3) is 2.02. The summed E-state index contributed by atoms with van der Waals surface area (Å²) in [5, 5.41) is 0.568. The Morgan fingerprint density at radius 3 is 3.00 bits per heavy atom. The molecule has 1 heterocycles. The molecule has 1 aliphatic rings. The van der Waals surface area contributed by atoms with Crippen molar-refractivity contribution in [1.29, 1.82) is 0 Å². The Labute approximate surface area is 92.7 Å². The molecule has 1 aliphatic heterocycles. The van der Waals surface area contributed by atoms with E-state index in [1.165, 1.54) is 0 Å². The Hall–Kier alpha value is -1.35. The van der Waals surface area contributed by atoms with Crippen molar-refractivity contribution in [1.82, 2.24) is 0 Å². The highest BCUT2D eigenvalue weighted by Gasteiger charge is 2.19. The summed E-state index contributed by atoms with van der Waals surface area (Å²) in [6, 6.07) is 5.04. The van der Waals surface area contributed by atoms with E-state index in [2.05, 4.69) is 4.99 Å². The van der Waals surface area contributed by atoms with Crippen LogP contribution in [-0.2, 0) is 0 Å². The van der Waals surface area contributed by atoms with Crippen LogP contribution in [0.3, 0.4) is 0 Å². The Balaban J connectivity index is 2.43. The van der Waals surface area contributed by atoms with E-state index in [4.69, 9.17) is 16.3 Å². The van der Waals surface area contributed by atoms with Gasteiger partial charge in [0.2, 0.25) is 0 Å². The average molecular weight is 224 g/mol. The van der Waals surface area contributed by atoms with Crippen LogP contribution in [0.4, 0.5) is 0 Å². The first-order valence-electron chi connectivity index (χ1n) is 4.61. The predicted octanol–water partition coefficient (Wildman–Crippen LogP) is 2.38. The van der Waals surface area contributed by atoms with Crippen LogP contribution < -0.4 is 4.74 Å². The normalized spacial score (nSPS) is 18.3. The molecule has 1 aromatic rings. The maximum absolute atomic E-state index is 11.8. The molecule has 0 unspecified atom stereocenters. The number of aliphatic imine (C=N–C) groups is 1. The lowest BCUT2D eigenvalue weighted by molar-refractivity contribution is 0.100. The average Bonchev–Trinajstić information content (AvgIpc) is 2.38. The molecular formula is C11H10ClNO2. The standard InChI is InChI=1S/C11H10ClNO2/c1-13-8-5-10(14)9-3-2-7(12)4-11(9)15-6-8/h2-4H,5-6H2,1H3. The van der Waals surface area contributed by atoms with Gasteiger partial charge in [0.15, 0.2) is 5.78 Å². The molecule has 0 aliphatic carbocycles. The summed E-state index contributed by atoms with van der Waals surface area (Å²) in [4.78, 5) is 15.8. The Bertz CT molecular complexity index is 440. The van der Waals surface area contributed by atoms with Crippen molar-refractivity contribution in [3.8, 4) is 5.75 Å². The van der Waals surface area contributed by atoms with Gasteiger partial charge in [0.1, 0.15) is 12.4 Å². The summed E-state index contributed by atoms with van der Waals surface area (Å²) in [6.07, 6.45) is 0.325. The zero-order valence-corrected chi connectivity index (χ0v) is 9.04. The zero-order valence-electron chi connectivity index (χ0n) is 8.29. The van der Waals surface area contributed by atoms with Crippen molar-refractivity contribution in [3.05, 3.63) is 28.8 Å². The molecule has 1 aromatic carbocycles. The van der Waals surface area contributed by atoms with Crippen LogP contribution >= 0.6 is 11.6 Å². The van der Waals surface area contributed by atoms with Gasteiger partial charge in [0, 0.05) is 12.1 Å². The summed E-state index contributed by atoms with van der Waals surface area (Å²) in [5.74, 6) is 0.575. The van der Waals surface area contributed by atoms with Crippen LogP contribution in [0.2, 0.25) is 5.02 Å². The molecule has 3 nitrogen and oxygen atoms in total. The lowest BCUT2D eigenvalue weighted by Gasteiger charge is -2.05. The molecule has 0 radical (unpaired) electrons. The van der Waals surface area contributed by atoms with Gasteiger partial charge in [0.25, 0.3) is 0 Å². The van der Waals surface area contributed by atoms with Crippen molar-refractivity contribution in [2.24, 2.45) is 4.99 Å². The third-order valence-corrected chi connectivity index (χ3v) is 2.55. The van der Waals surface area contributed by atoms with Crippen molar-refractivity contribution in [3.63, 3.8) is 0 Å². The first kappa shape index (κ1) is 10.2. The Morgan fingerprint density at radius 2 is 2.27 bits per heavy atom. The smallest absolute Gasteiger partial charge is 0.172 e. The summed E-state index contributed by atoms with van der Waals surface area (Å²) in [7, 11) is 1.66. The number of Topliss-reactive ketones (excluding diaryl/α,β-unsaturated/α-hetero) is 1. The van der Waals surface area contributed by atoms with E-state index in [0.29, 0.717) is 29.4 Å². The minimum Gasteiger partial charge on any atom is -0.487 e. The number of hydrogen-bond donors (Lipinski definition) is 0. The first-order chi connectivity index (χ1) is 7.20. The van der Waals surface area contributed by atoms with E-state index in [1.54, 1.807) is 25.2 Å². The van der Waals surface area contributed by atoms with Crippen LogP contribution in [0, 0.1) is 0 Å². The number of carbonyl (C=O) groups excluding carboxylic acids is 1. The fourth-order valence-electron chi connectivity index (χ4n) is 1.48. The van der Waals surface area contributed by atoms with Crippen molar-refractivity contribution >= 4 is 23.1 Å². The van der Waals surface area contributed by atoms with Gasteiger partial charge in [-0.05, 0) is 18.2 Å². The van der Waals surface area contributed by atoms with Gasteiger partial charge in [0.05, 0.1) is 17.7 Å². The number of carbonyl (C=O) groups is 1. The van der Waals surface area contributed by atoms with Gasteiger partial charge in [-0.1, -0.05) is 11.6 Å². The van der Waals surface area contributed by atoms with E-state index in [0.717, 1.165) is 5.71 Å². The number of fused-ring (bicyclic) bond motifs is 1. The largest absolute Gasteiger partial charge is 0.487 e. The van der Waals surface area contributed by atoms with Gasteiger partial charge in [-0.25, -0.2) is 0 Å².